The third-order valence-corrected chi connectivity index (χ3v) is 3.13. The molecule has 7 nitrogen and oxygen atoms in total. The van der Waals surface area contributed by atoms with Crippen molar-refractivity contribution in [1.82, 2.24) is 9.78 Å². The molecular weight excluding hydrogens is 288 g/mol. The van der Waals surface area contributed by atoms with Gasteiger partial charge in [0.15, 0.2) is 0 Å². The summed E-state index contributed by atoms with van der Waals surface area (Å²) in [6.07, 6.45) is 1.28. The van der Waals surface area contributed by atoms with Crippen LogP contribution in [0.4, 0.5) is 0 Å². The van der Waals surface area contributed by atoms with Crippen LogP contribution in [0.2, 0.25) is 0 Å². The zero-order chi connectivity index (χ0) is 16.1. The van der Waals surface area contributed by atoms with Gasteiger partial charge >= 0.3 is 11.9 Å². The first-order valence-electron chi connectivity index (χ1n) is 6.47. The first-order chi connectivity index (χ1) is 10.6. The zero-order valence-electron chi connectivity index (χ0n) is 12.5. The molecule has 0 radical (unpaired) electrons. The van der Waals surface area contributed by atoms with E-state index >= 15 is 0 Å². The summed E-state index contributed by atoms with van der Waals surface area (Å²) >= 11 is 0. The Hall–Kier alpha value is -2.83. The molecular formula is C15H16N2O5. The number of methoxy groups -OCH3 is 3. The van der Waals surface area contributed by atoms with E-state index < -0.39 is 11.9 Å². The third kappa shape index (κ3) is 3.08. The van der Waals surface area contributed by atoms with Crippen molar-refractivity contribution in [1.29, 1.82) is 0 Å². The normalized spacial score (nSPS) is 10.1. The first-order valence-corrected chi connectivity index (χ1v) is 6.47. The lowest BCUT2D eigenvalue weighted by Gasteiger charge is -2.09. The minimum absolute atomic E-state index is 0.0903. The molecule has 7 heteroatoms. The van der Waals surface area contributed by atoms with E-state index in [1.54, 1.807) is 31.4 Å². The zero-order valence-corrected chi connectivity index (χ0v) is 12.5. The van der Waals surface area contributed by atoms with Crippen molar-refractivity contribution in [2.45, 2.75) is 6.42 Å². The highest BCUT2D eigenvalue weighted by atomic mass is 16.5. The Morgan fingerprint density at radius 1 is 1.09 bits per heavy atom. The van der Waals surface area contributed by atoms with Gasteiger partial charge < -0.3 is 14.2 Å². The quantitative estimate of drug-likeness (QED) is 0.776. The Kier molecular flexibility index (Phi) is 4.77. The van der Waals surface area contributed by atoms with Crippen LogP contribution in [-0.2, 0) is 20.7 Å². The van der Waals surface area contributed by atoms with Gasteiger partial charge in [-0.1, -0.05) is 0 Å². The molecule has 0 aliphatic carbocycles. The third-order valence-electron chi connectivity index (χ3n) is 3.13. The van der Waals surface area contributed by atoms with Gasteiger partial charge in [0, 0.05) is 0 Å². The Morgan fingerprint density at radius 3 is 2.32 bits per heavy atom. The molecule has 2 aromatic rings. The molecule has 0 aliphatic heterocycles. The van der Waals surface area contributed by atoms with Crippen LogP contribution in [0.5, 0.6) is 5.75 Å². The van der Waals surface area contributed by atoms with E-state index in [4.69, 9.17) is 9.47 Å². The summed E-state index contributed by atoms with van der Waals surface area (Å²) in [6, 6.07) is 7.06. The van der Waals surface area contributed by atoms with Gasteiger partial charge in [0.2, 0.25) is 0 Å². The van der Waals surface area contributed by atoms with Crippen molar-refractivity contribution in [3.63, 3.8) is 0 Å². The van der Waals surface area contributed by atoms with Gasteiger partial charge in [-0.15, -0.1) is 0 Å². The summed E-state index contributed by atoms with van der Waals surface area (Å²) < 4.78 is 16.0. The molecule has 0 saturated carbocycles. The van der Waals surface area contributed by atoms with Gasteiger partial charge in [-0.25, -0.2) is 9.48 Å². The van der Waals surface area contributed by atoms with Crippen LogP contribution in [0.15, 0.2) is 30.5 Å². The standard InChI is InChI=1S/C15H16N2O5/c1-20-11-6-4-10(5-7-11)17-13(8-14(18)21-2)12(9-16-17)15(19)22-3/h4-7,9H,8H2,1-3H3. The van der Waals surface area contributed by atoms with Crippen molar-refractivity contribution in [3.05, 3.63) is 41.7 Å². The number of benzene rings is 1. The Morgan fingerprint density at radius 2 is 1.77 bits per heavy atom. The van der Waals surface area contributed by atoms with Gasteiger partial charge in [0.1, 0.15) is 11.3 Å². The largest absolute Gasteiger partial charge is 0.497 e. The number of rotatable bonds is 5. The molecule has 0 spiro atoms. The fourth-order valence-corrected chi connectivity index (χ4v) is 1.98. The molecule has 22 heavy (non-hydrogen) atoms. The van der Waals surface area contributed by atoms with Crippen molar-refractivity contribution >= 4 is 11.9 Å². The number of nitrogens with zero attached hydrogens (tertiary/aromatic N) is 2. The summed E-state index contributed by atoms with van der Waals surface area (Å²) in [5, 5.41) is 4.17. The summed E-state index contributed by atoms with van der Waals surface area (Å²) in [7, 11) is 4.13. The summed E-state index contributed by atoms with van der Waals surface area (Å²) in [4.78, 5) is 23.4. The second-order valence-corrected chi connectivity index (χ2v) is 4.36. The fraction of sp³-hybridized carbons (Fsp3) is 0.267. The van der Waals surface area contributed by atoms with Crippen LogP contribution in [0.25, 0.3) is 5.69 Å². The number of hydrogen-bond donors (Lipinski definition) is 0. The fourth-order valence-electron chi connectivity index (χ4n) is 1.98. The maximum atomic E-state index is 11.8. The average Bonchev–Trinajstić information content (AvgIpc) is 2.97. The van der Waals surface area contributed by atoms with Crippen LogP contribution in [-0.4, -0.2) is 43.0 Å². The minimum atomic E-state index is -0.557. The van der Waals surface area contributed by atoms with E-state index in [1.165, 1.54) is 25.1 Å². The van der Waals surface area contributed by atoms with Gasteiger partial charge in [-0.05, 0) is 24.3 Å². The van der Waals surface area contributed by atoms with Crippen molar-refractivity contribution in [2.75, 3.05) is 21.3 Å². The molecule has 1 heterocycles. The highest BCUT2D eigenvalue weighted by Crippen LogP contribution is 2.19. The van der Waals surface area contributed by atoms with Gasteiger partial charge in [-0.3, -0.25) is 4.79 Å². The molecule has 1 aromatic carbocycles. The van der Waals surface area contributed by atoms with Crippen LogP contribution >= 0.6 is 0 Å². The van der Waals surface area contributed by atoms with E-state index in [1.807, 2.05) is 0 Å². The SMILES string of the molecule is COC(=O)Cc1c(C(=O)OC)cnn1-c1ccc(OC)cc1. The topological polar surface area (TPSA) is 79.7 Å². The van der Waals surface area contributed by atoms with Crippen molar-refractivity contribution in [2.24, 2.45) is 0 Å². The van der Waals surface area contributed by atoms with Gasteiger partial charge in [0.25, 0.3) is 0 Å². The van der Waals surface area contributed by atoms with Crippen molar-refractivity contribution < 1.29 is 23.8 Å². The second kappa shape index (κ2) is 6.75. The molecule has 0 N–H and O–H groups in total. The van der Waals surface area contributed by atoms with Crippen LogP contribution in [0.1, 0.15) is 16.1 Å². The van der Waals surface area contributed by atoms with E-state index in [9.17, 15) is 9.59 Å². The van der Waals surface area contributed by atoms with E-state index in [0.29, 0.717) is 17.1 Å². The predicted octanol–water partition coefficient (Wildman–Crippen LogP) is 1.38. The number of carbonyl (C=O) groups is 2. The highest BCUT2D eigenvalue weighted by molar-refractivity contribution is 5.92. The molecule has 0 saturated heterocycles. The smallest absolute Gasteiger partial charge is 0.341 e. The van der Waals surface area contributed by atoms with Crippen molar-refractivity contribution in [3.8, 4) is 11.4 Å². The highest BCUT2D eigenvalue weighted by Gasteiger charge is 2.21. The summed E-state index contributed by atoms with van der Waals surface area (Å²) in [6.45, 7) is 0. The molecule has 0 fully saturated rings. The Balaban J connectivity index is 2.47. The Bertz CT molecular complexity index is 676. The number of ether oxygens (including phenoxy) is 3. The molecule has 0 amide bonds. The molecule has 0 unspecified atom stereocenters. The molecule has 2 rings (SSSR count). The van der Waals surface area contributed by atoms with Gasteiger partial charge in [-0.2, -0.15) is 5.10 Å². The van der Waals surface area contributed by atoms with Crippen LogP contribution in [0.3, 0.4) is 0 Å². The summed E-state index contributed by atoms with van der Waals surface area (Å²) in [5.41, 5.74) is 1.32. The maximum absolute atomic E-state index is 11.8. The molecule has 0 aliphatic rings. The number of esters is 2. The predicted molar refractivity (Wildman–Crippen MR) is 77.2 cm³/mol. The lowest BCUT2D eigenvalue weighted by atomic mass is 10.2. The number of carbonyl (C=O) groups excluding carboxylic acids is 2. The van der Waals surface area contributed by atoms with E-state index in [-0.39, 0.29) is 12.0 Å². The lowest BCUT2D eigenvalue weighted by Crippen LogP contribution is -2.14. The first kappa shape index (κ1) is 15.6. The molecule has 116 valence electrons. The molecule has 0 atom stereocenters. The van der Waals surface area contributed by atoms with E-state index in [0.717, 1.165) is 0 Å². The molecule has 1 aromatic heterocycles. The lowest BCUT2D eigenvalue weighted by molar-refractivity contribution is -0.139. The number of hydrogen-bond acceptors (Lipinski definition) is 6. The van der Waals surface area contributed by atoms with Gasteiger partial charge in [0.05, 0.1) is 45.3 Å². The van der Waals surface area contributed by atoms with Crippen LogP contribution in [0, 0.1) is 0 Å². The van der Waals surface area contributed by atoms with Crippen LogP contribution < -0.4 is 4.74 Å². The maximum Gasteiger partial charge on any atom is 0.341 e. The average molecular weight is 304 g/mol. The number of aromatic nitrogens is 2. The minimum Gasteiger partial charge on any atom is -0.497 e. The summed E-state index contributed by atoms with van der Waals surface area (Å²) in [5.74, 6) is -0.335. The Labute approximate surface area is 127 Å². The second-order valence-electron chi connectivity index (χ2n) is 4.36. The monoisotopic (exact) mass is 304 g/mol. The molecule has 0 bridgehead atoms. The van der Waals surface area contributed by atoms with E-state index in [2.05, 4.69) is 9.84 Å².